The van der Waals surface area contributed by atoms with Gasteiger partial charge in [0.1, 0.15) is 5.75 Å². The number of nitrogens with zero attached hydrogens (tertiary/aromatic N) is 1. The Labute approximate surface area is 171 Å². The second kappa shape index (κ2) is 12.1. The number of unbranched alkanes of at least 4 members (excludes halogenated alkanes) is 2. The van der Waals surface area contributed by atoms with Gasteiger partial charge in [0.05, 0.1) is 12.2 Å². The summed E-state index contributed by atoms with van der Waals surface area (Å²) in [6.45, 7) is 10.4. The zero-order chi connectivity index (χ0) is 20.4. The lowest BCUT2D eigenvalue weighted by Gasteiger charge is -2.40. The minimum Gasteiger partial charge on any atom is -0.493 e. The Bertz CT molecular complexity index is 606. The number of hydrogen-bond acceptors (Lipinski definition) is 4. The molecule has 0 saturated carbocycles. The van der Waals surface area contributed by atoms with Crippen LogP contribution in [0.25, 0.3) is 0 Å². The van der Waals surface area contributed by atoms with Gasteiger partial charge in [0.25, 0.3) is 5.91 Å². The van der Waals surface area contributed by atoms with E-state index < -0.39 is 5.91 Å². The lowest BCUT2D eigenvalue weighted by atomic mass is 9.96. The third kappa shape index (κ3) is 6.78. The summed E-state index contributed by atoms with van der Waals surface area (Å²) in [6.07, 6.45) is 8.48. The summed E-state index contributed by atoms with van der Waals surface area (Å²) in [5, 5.41) is 3.50. The lowest BCUT2D eigenvalue weighted by Crippen LogP contribution is -2.53. The maximum Gasteiger partial charge on any atom is 0.252 e. The third-order valence-corrected chi connectivity index (χ3v) is 5.77. The monoisotopic (exact) mass is 389 g/mol. The molecule has 2 rings (SSSR count). The predicted octanol–water partition coefficient (Wildman–Crippen LogP) is 3.75. The Morgan fingerprint density at radius 3 is 2.75 bits per heavy atom. The highest BCUT2D eigenvalue weighted by Crippen LogP contribution is 2.23. The van der Waals surface area contributed by atoms with Crippen LogP contribution >= 0.6 is 0 Å². The molecule has 1 fully saturated rings. The fourth-order valence-corrected chi connectivity index (χ4v) is 4.25. The smallest absolute Gasteiger partial charge is 0.252 e. The van der Waals surface area contributed by atoms with Gasteiger partial charge in [-0.15, -0.1) is 0 Å². The minimum atomic E-state index is -0.419. The first-order valence-corrected chi connectivity index (χ1v) is 11.1. The van der Waals surface area contributed by atoms with Crippen LogP contribution in [0.15, 0.2) is 18.2 Å². The second-order valence-corrected chi connectivity index (χ2v) is 7.96. The molecule has 3 N–H and O–H groups in total. The van der Waals surface area contributed by atoms with Crippen LogP contribution in [-0.2, 0) is 6.42 Å². The molecule has 2 atom stereocenters. The van der Waals surface area contributed by atoms with Crippen LogP contribution in [0.2, 0.25) is 0 Å². The van der Waals surface area contributed by atoms with E-state index in [1.165, 1.54) is 32.1 Å². The number of primary amides is 1. The van der Waals surface area contributed by atoms with Crippen LogP contribution in [0, 0.1) is 0 Å². The molecular weight excluding hydrogens is 350 g/mol. The lowest BCUT2D eigenvalue weighted by molar-refractivity contribution is 0.0995. The quantitative estimate of drug-likeness (QED) is 0.534. The van der Waals surface area contributed by atoms with Crippen molar-refractivity contribution >= 4 is 5.91 Å². The normalized spacial score (nSPS) is 18.8. The summed E-state index contributed by atoms with van der Waals surface area (Å²) >= 11 is 0. The summed E-state index contributed by atoms with van der Waals surface area (Å²) in [4.78, 5) is 14.5. The predicted molar refractivity (Wildman–Crippen MR) is 116 cm³/mol. The molecule has 0 aliphatic carbocycles. The number of nitrogens with one attached hydrogen (secondary N) is 1. The molecule has 1 amide bonds. The summed E-state index contributed by atoms with van der Waals surface area (Å²) in [5.41, 5.74) is 7.20. The van der Waals surface area contributed by atoms with E-state index >= 15 is 0 Å². The van der Waals surface area contributed by atoms with Gasteiger partial charge in [-0.25, -0.2) is 0 Å². The number of benzene rings is 1. The van der Waals surface area contributed by atoms with Crippen molar-refractivity contribution in [2.45, 2.75) is 77.8 Å². The molecule has 1 heterocycles. The molecule has 0 bridgehead atoms. The van der Waals surface area contributed by atoms with E-state index in [-0.39, 0.29) is 0 Å². The first kappa shape index (κ1) is 22.7. The Kier molecular flexibility index (Phi) is 9.79. The first-order chi connectivity index (χ1) is 13.6. The zero-order valence-corrected chi connectivity index (χ0v) is 18.0. The van der Waals surface area contributed by atoms with Crippen molar-refractivity contribution in [1.29, 1.82) is 0 Å². The van der Waals surface area contributed by atoms with Crippen LogP contribution in [0.1, 0.15) is 75.2 Å². The van der Waals surface area contributed by atoms with Crippen LogP contribution < -0.4 is 15.8 Å². The second-order valence-electron chi connectivity index (χ2n) is 7.96. The summed E-state index contributed by atoms with van der Waals surface area (Å²) in [7, 11) is 0. The molecule has 1 aliphatic heterocycles. The summed E-state index contributed by atoms with van der Waals surface area (Å²) in [5.74, 6) is 0.170. The SMILES string of the molecule is CCCCCC(CCCc1ccc(OCC)c(C(N)=O)c1)N1CCNCC1C. The van der Waals surface area contributed by atoms with Crippen molar-refractivity contribution in [2.24, 2.45) is 5.73 Å². The van der Waals surface area contributed by atoms with Gasteiger partial charge in [-0.2, -0.15) is 0 Å². The summed E-state index contributed by atoms with van der Waals surface area (Å²) < 4.78 is 5.53. The van der Waals surface area contributed by atoms with Crippen molar-refractivity contribution in [2.75, 3.05) is 26.2 Å². The van der Waals surface area contributed by atoms with Gasteiger partial charge in [0.2, 0.25) is 0 Å². The fraction of sp³-hybridized carbons (Fsp3) is 0.696. The molecule has 5 nitrogen and oxygen atoms in total. The van der Waals surface area contributed by atoms with Crippen molar-refractivity contribution in [3.05, 3.63) is 29.3 Å². The number of amides is 1. The van der Waals surface area contributed by atoms with Crippen LogP contribution in [0.5, 0.6) is 5.75 Å². The largest absolute Gasteiger partial charge is 0.493 e. The Morgan fingerprint density at radius 2 is 2.07 bits per heavy atom. The molecule has 158 valence electrons. The number of ether oxygens (including phenoxy) is 1. The van der Waals surface area contributed by atoms with E-state index in [0.29, 0.717) is 30.0 Å². The maximum atomic E-state index is 11.7. The Balaban J connectivity index is 1.96. The van der Waals surface area contributed by atoms with Gasteiger partial charge in [-0.3, -0.25) is 9.69 Å². The minimum absolute atomic E-state index is 0.419. The van der Waals surface area contributed by atoms with Crippen molar-refractivity contribution in [1.82, 2.24) is 10.2 Å². The molecule has 5 heteroatoms. The summed E-state index contributed by atoms with van der Waals surface area (Å²) in [6, 6.07) is 7.12. The topological polar surface area (TPSA) is 67.6 Å². The standard InChI is InChI=1S/C23H39N3O2/c1-4-6-7-10-20(26-15-14-25-17-18(26)3)11-8-9-19-12-13-22(28-5-2)21(16-19)23(24)27/h12-13,16,18,20,25H,4-11,14-15,17H2,1-3H3,(H2,24,27). The molecule has 2 unspecified atom stereocenters. The van der Waals surface area contributed by atoms with E-state index in [1.54, 1.807) is 0 Å². The number of nitrogens with two attached hydrogens (primary N) is 1. The van der Waals surface area contributed by atoms with Crippen LogP contribution in [0.4, 0.5) is 0 Å². The number of piperazine rings is 1. The van der Waals surface area contributed by atoms with Crippen molar-refractivity contribution < 1.29 is 9.53 Å². The molecule has 1 aliphatic rings. The van der Waals surface area contributed by atoms with E-state index in [1.807, 2.05) is 19.1 Å². The van der Waals surface area contributed by atoms with Crippen molar-refractivity contribution in [3.8, 4) is 5.75 Å². The fourth-order valence-electron chi connectivity index (χ4n) is 4.25. The molecule has 1 aromatic rings. The number of hydrogen-bond donors (Lipinski definition) is 2. The van der Waals surface area contributed by atoms with Gasteiger partial charge in [0.15, 0.2) is 0 Å². The molecule has 0 spiro atoms. The highest BCUT2D eigenvalue weighted by atomic mass is 16.5. The molecule has 1 saturated heterocycles. The van der Waals surface area contributed by atoms with E-state index in [2.05, 4.69) is 30.1 Å². The van der Waals surface area contributed by atoms with Gasteiger partial charge >= 0.3 is 0 Å². The van der Waals surface area contributed by atoms with E-state index in [9.17, 15) is 4.79 Å². The molecular formula is C23H39N3O2. The van der Waals surface area contributed by atoms with Gasteiger partial charge < -0.3 is 15.8 Å². The van der Waals surface area contributed by atoms with E-state index in [4.69, 9.17) is 10.5 Å². The molecule has 0 radical (unpaired) electrons. The van der Waals surface area contributed by atoms with E-state index in [0.717, 1.165) is 38.0 Å². The Morgan fingerprint density at radius 1 is 1.29 bits per heavy atom. The van der Waals surface area contributed by atoms with Crippen LogP contribution in [-0.4, -0.2) is 49.1 Å². The number of carbonyl (C=O) groups excluding carboxylic acids is 1. The van der Waals surface area contributed by atoms with Crippen molar-refractivity contribution in [3.63, 3.8) is 0 Å². The zero-order valence-electron chi connectivity index (χ0n) is 18.0. The maximum absolute atomic E-state index is 11.7. The average molecular weight is 390 g/mol. The van der Waals surface area contributed by atoms with Gasteiger partial charge in [0, 0.05) is 31.7 Å². The van der Waals surface area contributed by atoms with Gasteiger partial charge in [-0.1, -0.05) is 32.3 Å². The highest BCUT2D eigenvalue weighted by Gasteiger charge is 2.25. The Hall–Kier alpha value is -1.59. The number of aryl methyl sites for hydroxylation is 1. The highest BCUT2D eigenvalue weighted by molar-refractivity contribution is 5.95. The molecule has 28 heavy (non-hydrogen) atoms. The van der Waals surface area contributed by atoms with Crippen LogP contribution in [0.3, 0.4) is 0 Å². The molecule has 0 aromatic heterocycles. The van der Waals surface area contributed by atoms with Gasteiger partial charge in [-0.05, 0) is 57.2 Å². The molecule has 1 aromatic carbocycles. The number of rotatable bonds is 12. The third-order valence-electron chi connectivity index (χ3n) is 5.77. The first-order valence-electron chi connectivity index (χ1n) is 11.1. The average Bonchev–Trinajstić information content (AvgIpc) is 2.68. The number of carbonyl (C=O) groups is 1.